The molecule has 27 heavy (non-hydrogen) atoms. The van der Waals surface area contributed by atoms with E-state index in [0.29, 0.717) is 11.8 Å². The summed E-state index contributed by atoms with van der Waals surface area (Å²) in [6.45, 7) is 0. The van der Waals surface area contributed by atoms with E-state index in [9.17, 15) is 4.79 Å². The van der Waals surface area contributed by atoms with Crippen molar-refractivity contribution in [1.29, 1.82) is 0 Å². The number of aromatic nitrogens is 2. The molecule has 1 aliphatic carbocycles. The highest BCUT2D eigenvalue weighted by Gasteiger charge is 2.23. The Kier molecular flexibility index (Phi) is 4.02. The van der Waals surface area contributed by atoms with Gasteiger partial charge in [-0.15, -0.1) is 11.3 Å². The zero-order chi connectivity index (χ0) is 18.2. The van der Waals surface area contributed by atoms with Gasteiger partial charge in [0.25, 0.3) is 5.56 Å². The Bertz CT molecular complexity index is 1160. The van der Waals surface area contributed by atoms with Crippen molar-refractivity contribution in [2.24, 2.45) is 0 Å². The number of benzene rings is 2. The number of hydrogen-bond donors (Lipinski definition) is 0. The predicted octanol–water partition coefficient (Wildman–Crippen LogP) is 5.12. The van der Waals surface area contributed by atoms with Gasteiger partial charge in [-0.3, -0.25) is 4.79 Å². The van der Waals surface area contributed by atoms with Crippen molar-refractivity contribution in [2.75, 3.05) is 0 Å². The molecule has 0 aliphatic heterocycles. The summed E-state index contributed by atoms with van der Waals surface area (Å²) in [5.41, 5.74) is 1.91. The first-order valence-electron chi connectivity index (χ1n) is 9.17. The first-order chi connectivity index (χ1) is 13.3. The van der Waals surface area contributed by atoms with E-state index in [0.717, 1.165) is 35.2 Å². The van der Waals surface area contributed by atoms with Gasteiger partial charge in [0, 0.05) is 4.88 Å². The molecule has 0 amide bonds. The molecule has 0 bridgehead atoms. The van der Waals surface area contributed by atoms with Crippen molar-refractivity contribution in [2.45, 2.75) is 25.7 Å². The first kappa shape index (κ1) is 16.3. The predicted molar refractivity (Wildman–Crippen MR) is 108 cm³/mol. The van der Waals surface area contributed by atoms with Crippen LogP contribution in [0.4, 0.5) is 0 Å². The first-order valence-corrected chi connectivity index (χ1v) is 9.98. The number of fused-ring (bicyclic) bond motifs is 3. The third kappa shape index (κ3) is 2.84. The van der Waals surface area contributed by atoms with Gasteiger partial charge >= 0.3 is 6.01 Å². The van der Waals surface area contributed by atoms with Crippen LogP contribution in [0.2, 0.25) is 0 Å². The fourth-order valence-electron chi connectivity index (χ4n) is 3.65. The number of para-hydroxylation sites is 2. The summed E-state index contributed by atoms with van der Waals surface area (Å²) < 4.78 is 7.64. The van der Waals surface area contributed by atoms with Crippen LogP contribution >= 0.6 is 11.3 Å². The minimum absolute atomic E-state index is 0.0449. The SMILES string of the molecule is O=c1c2c3c(sc2nc(Oc2ccccc2)n1-c1ccccc1)CCCC3. The van der Waals surface area contributed by atoms with Crippen molar-refractivity contribution in [1.82, 2.24) is 9.55 Å². The number of ether oxygens (including phenoxy) is 1. The van der Waals surface area contributed by atoms with Crippen LogP contribution in [0.15, 0.2) is 65.5 Å². The standard InChI is InChI=1S/C22H18N2O2S/c25-21-19-17-13-7-8-14-18(17)27-20(19)23-22(26-16-11-5-2-6-12-16)24(21)15-9-3-1-4-10-15/h1-6,9-12H,7-8,13-14H2. The molecule has 1 aliphatic rings. The highest BCUT2D eigenvalue weighted by atomic mass is 32.1. The van der Waals surface area contributed by atoms with Gasteiger partial charge in [0.1, 0.15) is 10.6 Å². The summed E-state index contributed by atoms with van der Waals surface area (Å²) in [5, 5.41) is 0.763. The average molecular weight is 374 g/mol. The van der Waals surface area contributed by atoms with Gasteiger partial charge in [-0.1, -0.05) is 36.4 Å². The third-order valence-electron chi connectivity index (χ3n) is 4.92. The molecule has 0 N–H and O–H groups in total. The lowest BCUT2D eigenvalue weighted by molar-refractivity contribution is 0.427. The summed E-state index contributed by atoms with van der Waals surface area (Å²) in [6, 6.07) is 19.4. The number of thiophene rings is 1. The molecular weight excluding hydrogens is 356 g/mol. The molecular formula is C22H18N2O2S. The second-order valence-electron chi connectivity index (χ2n) is 6.68. The molecule has 2 aromatic heterocycles. The summed E-state index contributed by atoms with van der Waals surface area (Å²) in [4.78, 5) is 20.4. The van der Waals surface area contributed by atoms with Crippen LogP contribution in [-0.2, 0) is 12.8 Å². The fraction of sp³-hybridized carbons (Fsp3) is 0.182. The van der Waals surface area contributed by atoms with E-state index in [1.54, 1.807) is 15.9 Å². The molecule has 134 valence electrons. The lowest BCUT2D eigenvalue weighted by Crippen LogP contribution is -2.21. The topological polar surface area (TPSA) is 44.1 Å². The molecule has 0 saturated heterocycles. The average Bonchev–Trinajstić information content (AvgIpc) is 3.08. The van der Waals surface area contributed by atoms with Crippen LogP contribution in [0.1, 0.15) is 23.3 Å². The Morgan fingerprint density at radius 1 is 0.926 bits per heavy atom. The van der Waals surface area contributed by atoms with Gasteiger partial charge in [0.2, 0.25) is 0 Å². The minimum Gasteiger partial charge on any atom is -0.425 e. The third-order valence-corrected chi connectivity index (χ3v) is 6.11. The summed E-state index contributed by atoms with van der Waals surface area (Å²) in [5.74, 6) is 0.662. The molecule has 0 atom stereocenters. The number of nitrogens with zero attached hydrogens (tertiary/aromatic N) is 2. The van der Waals surface area contributed by atoms with Crippen molar-refractivity contribution in [3.8, 4) is 17.4 Å². The number of hydrogen-bond acceptors (Lipinski definition) is 4. The molecule has 0 fully saturated rings. The van der Waals surface area contributed by atoms with E-state index in [1.165, 1.54) is 16.9 Å². The molecule has 2 aromatic carbocycles. The van der Waals surface area contributed by atoms with Crippen LogP contribution in [-0.4, -0.2) is 9.55 Å². The van der Waals surface area contributed by atoms with Crippen LogP contribution < -0.4 is 10.3 Å². The van der Waals surface area contributed by atoms with Gasteiger partial charge in [0.15, 0.2) is 0 Å². The van der Waals surface area contributed by atoms with E-state index >= 15 is 0 Å². The largest absolute Gasteiger partial charge is 0.425 e. The van der Waals surface area contributed by atoms with Crippen LogP contribution in [0.5, 0.6) is 11.8 Å². The molecule has 4 nitrogen and oxygen atoms in total. The Hall–Kier alpha value is -2.92. The highest BCUT2D eigenvalue weighted by molar-refractivity contribution is 7.18. The Labute approximate surface area is 160 Å². The van der Waals surface area contributed by atoms with Gasteiger partial charge in [0.05, 0.1) is 11.1 Å². The summed E-state index contributed by atoms with van der Waals surface area (Å²) in [6.07, 6.45) is 4.31. The maximum atomic E-state index is 13.5. The van der Waals surface area contributed by atoms with E-state index in [1.807, 2.05) is 60.7 Å². The number of rotatable bonds is 3. The normalized spacial score (nSPS) is 13.5. The zero-order valence-electron chi connectivity index (χ0n) is 14.7. The maximum absolute atomic E-state index is 13.5. The van der Waals surface area contributed by atoms with Gasteiger partial charge in [-0.2, -0.15) is 4.98 Å². The van der Waals surface area contributed by atoms with Crippen molar-refractivity contribution < 1.29 is 4.74 Å². The van der Waals surface area contributed by atoms with Crippen LogP contribution in [0.25, 0.3) is 15.9 Å². The van der Waals surface area contributed by atoms with Crippen molar-refractivity contribution in [3.05, 3.63) is 81.5 Å². The van der Waals surface area contributed by atoms with Crippen molar-refractivity contribution in [3.63, 3.8) is 0 Å². The number of aryl methyl sites for hydroxylation is 2. The lowest BCUT2D eigenvalue weighted by atomic mass is 9.97. The fourth-order valence-corrected chi connectivity index (χ4v) is 4.90. The van der Waals surface area contributed by atoms with Crippen LogP contribution in [0.3, 0.4) is 0 Å². The summed E-state index contributed by atoms with van der Waals surface area (Å²) in [7, 11) is 0. The van der Waals surface area contributed by atoms with Gasteiger partial charge in [-0.25, -0.2) is 4.57 Å². The van der Waals surface area contributed by atoms with E-state index in [4.69, 9.17) is 9.72 Å². The van der Waals surface area contributed by atoms with E-state index < -0.39 is 0 Å². The minimum atomic E-state index is -0.0449. The molecule has 0 saturated carbocycles. The van der Waals surface area contributed by atoms with Gasteiger partial charge < -0.3 is 4.74 Å². The lowest BCUT2D eigenvalue weighted by Gasteiger charge is -2.14. The molecule has 0 unspecified atom stereocenters. The highest BCUT2D eigenvalue weighted by Crippen LogP contribution is 2.35. The molecule has 5 heteroatoms. The van der Waals surface area contributed by atoms with Gasteiger partial charge in [-0.05, 0) is 55.5 Å². The Morgan fingerprint density at radius 2 is 1.63 bits per heavy atom. The Morgan fingerprint density at radius 3 is 2.41 bits per heavy atom. The second-order valence-corrected chi connectivity index (χ2v) is 7.76. The quantitative estimate of drug-likeness (QED) is 0.500. The van der Waals surface area contributed by atoms with E-state index in [-0.39, 0.29) is 5.56 Å². The monoisotopic (exact) mass is 374 g/mol. The van der Waals surface area contributed by atoms with Crippen LogP contribution in [0, 0.1) is 0 Å². The second kappa shape index (κ2) is 6.67. The van der Waals surface area contributed by atoms with Crippen molar-refractivity contribution >= 4 is 21.6 Å². The Balaban J connectivity index is 1.78. The van der Waals surface area contributed by atoms with E-state index in [2.05, 4.69) is 0 Å². The smallest absolute Gasteiger partial charge is 0.310 e. The molecule has 0 spiro atoms. The molecule has 0 radical (unpaired) electrons. The zero-order valence-corrected chi connectivity index (χ0v) is 15.5. The molecule has 5 rings (SSSR count). The summed E-state index contributed by atoms with van der Waals surface area (Å²) >= 11 is 1.64. The molecule has 4 aromatic rings. The maximum Gasteiger partial charge on any atom is 0.310 e. The molecule has 2 heterocycles.